The lowest BCUT2D eigenvalue weighted by Gasteiger charge is -2.26. The van der Waals surface area contributed by atoms with Crippen molar-refractivity contribution in [3.05, 3.63) is 66.0 Å². The minimum atomic E-state index is 0.850. The third-order valence-corrected chi connectivity index (χ3v) is 2.75. The van der Waals surface area contributed by atoms with Crippen LogP contribution in [0.3, 0.4) is 0 Å². The van der Waals surface area contributed by atoms with E-state index in [0.717, 1.165) is 12.4 Å². The largest absolute Gasteiger partial charge is 0.289 e. The van der Waals surface area contributed by atoms with Crippen LogP contribution in [0, 0.1) is 0 Å². The van der Waals surface area contributed by atoms with Crippen LogP contribution in [-0.4, -0.2) is 9.99 Å². The van der Waals surface area contributed by atoms with Gasteiger partial charge in [0.1, 0.15) is 5.82 Å². The minimum Gasteiger partial charge on any atom is -0.289 e. The number of anilines is 1. The molecule has 1 aliphatic heterocycles. The molecule has 84 valence electrons. The van der Waals surface area contributed by atoms with Crippen LogP contribution in [0.15, 0.2) is 54.9 Å². The van der Waals surface area contributed by atoms with Gasteiger partial charge >= 0.3 is 0 Å². The number of hydrogen-bond acceptors (Lipinski definition) is 3. The fourth-order valence-electron chi connectivity index (χ4n) is 1.90. The van der Waals surface area contributed by atoms with Gasteiger partial charge in [0.15, 0.2) is 0 Å². The van der Waals surface area contributed by atoms with Crippen molar-refractivity contribution in [3.8, 4) is 0 Å². The zero-order valence-corrected chi connectivity index (χ0v) is 9.38. The Kier molecular flexibility index (Phi) is 2.50. The molecule has 2 heterocycles. The number of nitrogens with zero attached hydrogens (tertiary/aromatic N) is 2. The lowest BCUT2D eigenvalue weighted by atomic mass is 10.1. The lowest BCUT2D eigenvalue weighted by molar-refractivity contribution is 0.437. The monoisotopic (exact) mass is 223 g/mol. The molecule has 1 N–H and O–H groups in total. The van der Waals surface area contributed by atoms with E-state index in [-0.39, 0.29) is 0 Å². The van der Waals surface area contributed by atoms with Crippen LogP contribution in [0.2, 0.25) is 0 Å². The predicted octanol–water partition coefficient (Wildman–Crippen LogP) is 2.90. The maximum absolute atomic E-state index is 4.24. The summed E-state index contributed by atoms with van der Waals surface area (Å²) in [5.74, 6) is 0.858. The third-order valence-electron chi connectivity index (χ3n) is 2.75. The standard InChI is InChI=1S/C14H13N3/c1-2-6-13-11-17(10-8-12(13)5-1)16-14-7-3-4-9-15-14/h1-10H,11H2,(H,15,16). The molecule has 0 atom stereocenters. The van der Waals surface area contributed by atoms with Crippen molar-refractivity contribution in [2.75, 3.05) is 5.43 Å². The maximum atomic E-state index is 4.24. The van der Waals surface area contributed by atoms with Crippen molar-refractivity contribution >= 4 is 11.9 Å². The summed E-state index contributed by atoms with van der Waals surface area (Å²) in [4.78, 5) is 4.24. The third kappa shape index (κ3) is 2.13. The predicted molar refractivity (Wildman–Crippen MR) is 68.9 cm³/mol. The quantitative estimate of drug-likeness (QED) is 0.848. The molecule has 0 fully saturated rings. The lowest BCUT2D eigenvalue weighted by Crippen LogP contribution is -2.26. The fourth-order valence-corrected chi connectivity index (χ4v) is 1.90. The summed E-state index contributed by atoms with van der Waals surface area (Å²) in [6.07, 6.45) is 5.93. The van der Waals surface area contributed by atoms with Gasteiger partial charge < -0.3 is 0 Å². The van der Waals surface area contributed by atoms with Crippen LogP contribution in [0.5, 0.6) is 0 Å². The molecular formula is C14H13N3. The highest BCUT2D eigenvalue weighted by Gasteiger charge is 2.09. The van der Waals surface area contributed by atoms with E-state index in [0.29, 0.717) is 0 Å². The van der Waals surface area contributed by atoms with Crippen molar-refractivity contribution in [2.45, 2.75) is 6.54 Å². The summed E-state index contributed by atoms with van der Waals surface area (Å²) < 4.78 is 0. The van der Waals surface area contributed by atoms with Crippen LogP contribution < -0.4 is 5.43 Å². The Bertz CT molecular complexity index is 534. The minimum absolute atomic E-state index is 0.850. The van der Waals surface area contributed by atoms with Gasteiger partial charge in [-0.1, -0.05) is 30.3 Å². The average molecular weight is 223 g/mol. The van der Waals surface area contributed by atoms with Crippen LogP contribution in [-0.2, 0) is 6.54 Å². The Morgan fingerprint density at radius 3 is 2.82 bits per heavy atom. The van der Waals surface area contributed by atoms with Crippen LogP contribution in [0.1, 0.15) is 11.1 Å². The summed E-state index contributed by atoms with van der Waals surface area (Å²) in [7, 11) is 0. The Labute approximate surface area is 100 Å². The van der Waals surface area contributed by atoms with Gasteiger partial charge in [-0.25, -0.2) is 4.98 Å². The number of fused-ring (bicyclic) bond motifs is 1. The smallest absolute Gasteiger partial charge is 0.144 e. The van der Waals surface area contributed by atoms with Crippen LogP contribution in [0.4, 0.5) is 5.82 Å². The number of nitrogens with one attached hydrogen (secondary N) is 1. The van der Waals surface area contributed by atoms with Crippen molar-refractivity contribution < 1.29 is 0 Å². The number of aromatic nitrogens is 1. The molecule has 0 saturated carbocycles. The van der Waals surface area contributed by atoms with Crippen LogP contribution in [0.25, 0.3) is 6.08 Å². The molecule has 1 aliphatic rings. The highest BCUT2D eigenvalue weighted by molar-refractivity contribution is 5.56. The van der Waals surface area contributed by atoms with Gasteiger partial charge in [-0.3, -0.25) is 10.4 Å². The molecule has 3 heteroatoms. The Morgan fingerprint density at radius 2 is 1.94 bits per heavy atom. The van der Waals surface area contributed by atoms with E-state index in [4.69, 9.17) is 0 Å². The molecule has 1 aromatic heterocycles. The normalized spacial score (nSPS) is 13.3. The highest BCUT2D eigenvalue weighted by Crippen LogP contribution is 2.19. The molecule has 0 spiro atoms. The van der Waals surface area contributed by atoms with Crippen molar-refractivity contribution in [2.24, 2.45) is 0 Å². The number of rotatable bonds is 2. The second-order valence-corrected chi connectivity index (χ2v) is 3.97. The number of hydrogen-bond donors (Lipinski definition) is 1. The molecule has 0 unspecified atom stereocenters. The van der Waals surface area contributed by atoms with Gasteiger partial charge in [-0.2, -0.15) is 0 Å². The van der Waals surface area contributed by atoms with Gasteiger partial charge in [0.2, 0.25) is 0 Å². The molecule has 3 rings (SSSR count). The summed E-state index contributed by atoms with van der Waals surface area (Å²) in [6.45, 7) is 0.850. The average Bonchev–Trinajstić information content (AvgIpc) is 2.40. The topological polar surface area (TPSA) is 28.2 Å². The fraction of sp³-hybridized carbons (Fsp3) is 0.0714. The van der Waals surface area contributed by atoms with Gasteiger partial charge in [-0.05, 0) is 29.3 Å². The Balaban J connectivity index is 1.77. The van der Waals surface area contributed by atoms with Gasteiger partial charge in [-0.15, -0.1) is 0 Å². The SMILES string of the molecule is C1=CN(Nc2ccccn2)Cc2ccccc21. The van der Waals surface area contributed by atoms with Crippen molar-refractivity contribution in [3.63, 3.8) is 0 Å². The Morgan fingerprint density at radius 1 is 1.06 bits per heavy atom. The number of pyridine rings is 1. The van der Waals surface area contributed by atoms with Gasteiger partial charge in [0.25, 0.3) is 0 Å². The van der Waals surface area contributed by atoms with E-state index < -0.39 is 0 Å². The number of hydrazine groups is 1. The summed E-state index contributed by atoms with van der Waals surface area (Å²) >= 11 is 0. The molecule has 3 nitrogen and oxygen atoms in total. The van der Waals surface area contributed by atoms with Gasteiger partial charge in [0, 0.05) is 12.4 Å². The molecule has 0 radical (unpaired) electrons. The van der Waals surface area contributed by atoms with Crippen LogP contribution >= 0.6 is 0 Å². The zero-order valence-electron chi connectivity index (χ0n) is 9.38. The summed E-state index contributed by atoms with van der Waals surface area (Å²) in [5.41, 5.74) is 5.86. The van der Waals surface area contributed by atoms with E-state index in [1.807, 2.05) is 29.4 Å². The highest BCUT2D eigenvalue weighted by atomic mass is 15.5. The zero-order chi connectivity index (χ0) is 11.5. The molecule has 0 bridgehead atoms. The first-order valence-electron chi connectivity index (χ1n) is 5.62. The van der Waals surface area contributed by atoms with Crippen molar-refractivity contribution in [1.29, 1.82) is 0 Å². The molecule has 2 aromatic rings. The second-order valence-electron chi connectivity index (χ2n) is 3.97. The van der Waals surface area contributed by atoms with E-state index in [1.54, 1.807) is 6.20 Å². The van der Waals surface area contributed by atoms with E-state index in [1.165, 1.54) is 11.1 Å². The van der Waals surface area contributed by atoms with E-state index >= 15 is 0 Å². The molecule has 0 saturated heterocycles. The second kappa shape index (κ2) is 4.29. The Hall–Kier alpha value is -2.29. The molecule has 1 aromatic carbocycles. The molecular weight excluding hydrogens is 210 g/mol. The van der Waals surface area contributed by atoms with Crippen molar-refractivity contribution in [1.82, 2.24) is 9.99 Å². The van der Waals surface area contributed by atoms with Gasteiger partial charge in [0.05, 0.1) is 6.54 Å². The maximum Gasteiger partial charge on any atom is 0.144 e. The molecule has 0 aliphatic carbocycles. The molecule has 0 amide bonds. The first-order valence-corrected chi connectivity index (χ1v) is 5.62. The molecule has 17 heavy (non-hydrogen) atoms. The van der Waals surface area contributed by atoms with E-state index in [9.17, 15) is 0 Å². The summed E-state index contributed by atoms with van der Waals surface area (Å²) in [6, 6.07) is 14.2. The summed E-state index contributed by atoms with van der Waals surface area (Å²) in [5, 5.41) is 2.03. The number of benzene rings is 1. The van der Waals surface area contributed by atoms with E-state index in [2.05, 4.69) is 40.8 Å². The first kappa shape index (κ1) is 9.90. The first-order chi connectivity index (χ1) is 8.42.